The SMILES string of the molecule is COCC(=O)N1C[C@@H]2CN(C(=O)CCc3nc4ccccc4s3)C[C@]2(CN(C)C)C1. The number of hydrogen-bond acceptors (Lipinski definition) is 6. The van der Waals surface area contributed by atoms with Crippen molar-refractivity contribution in [1.82, 2.24) is 19.7 Å². The maximum atomic E-state index is 13.0. The highest BCUT2D eigenvalue weighted by atomic mass is 32.1. The summed E-state index contributed by atoms with van der Waals surface area (Å²) < 4.78 is 6.20. The number of fused-ring (bicyclic) bond motifs is 2. The van der Waals surface area contributed by atoms with E-state index in [0.717, 1.165) is 23.6 Å². The van der Waals surface area contributed by atoms with Gasteiger partial charge >= 0.3 is 0 Å². The molecule has 0 saturated carbocycles. The first-order chi connectivity index (χ1) is 14.4. The van der Waals surface area contributed by atoms with Crippen LogP contribution >= 0.6 is 11.3 Å². The number of hydrogen-bond donors (Lipinski definition) is 0. The van der Waals surface area contributed by atoms with Crippen molar-refractivity contribution in [3.8, 4) is 0 Å². The van der Waals surface area contributed by atoms with Crippen LogP contribution in [0.25, 0.3) is 10.2 Å². The Balaban J connectivity index is 1.40. The predicted octanol–water partition coefficient (Wildman–Crippen LogP) is 1.72. The van der Waals surface area contributed by atoms with E-state index in [2.05, 4.69) is 30.0 Å². The highest BCUT2D eigenvalue weighted by molar-refractivity contribution is 7.18. The summed E-state index contributed by atoms with van der Waals surface area (Å²) in [6.45, 7) is 3.83. The van der Waals surface area contributed by atoms with E-state index in [1.165, 1.54) is 4.70 Å². The average Bonchev–Trinajstić information content (AvgIpc) is 3.35. The van der Waals surface area contributed by atoms with E-state index in [1.54, 1.807) is 18.4 Å². The number of benzene rings is 1. The Morgan fingerprint density at radius 3 is 2.57 bits per heavy atom. The van der Waals surface area contributed by atoms with Gasteiger partial charge in [-0.3, -0.25) is 9.59 Å². The molecule has 0 spiro atoms. The van der Waals surface area contributed by atoms with E-state index in [4.69, 9.17) is 4.74 Å². The molecule has 0 unspecified atom stereocenters. The van der Waals surface area contributed by atoms with E-state index in [0.29, 0.717) is 38.4 Å². The molecule has 2 amide bonds. The maximum absolute atomic E-state index is 13.0. The van der Waals surface area contributed by atoms with E-state index in [-0.39, 0.29) is 23.8 Å². The molecular weight excluding hydrogens is 400 g/mol. The largest absolute Gasteiger partial charge is 0.375 e. The predicted molar refractivity (Wildman–Crippen MR) is 117 cm³/mol. The summed E-state index contributed by atoms with van der Waals surface area (Å²) in [5.74, 6) is 0.544. The Hall–Kier alpha value is -2.03. The molecule has 30 heavy (non-hydrogen) atoms. The molecule has 2 aromatic rings. The van der Waals surface area contributed by atoms with E-state index < -0.39 is 0 Å². The molecule has 3 heterocycles. The van der Waals surface area contributed by atoms with Gasteiger partial charge in [-0.1, -0.05) is 12.1 Å². The second-order valence-electron chi connectivity index (χ2n) is 8.85. The van der Waals surface area contributed by atoms with Crippen LogP contribution in [0.2, 0.25) is 0 Å². The first-order valence-corrected chi connectivity index (χ1v) is 11.3. The molecule has 0 radical (unpaired) electrons. The van der Waals surface area contributed by atoms with Crippen molar-refractivity contribution in [1.29, 1.82) is 0 Å². The summed E-state index contributed by atoms with van der Waals surface area (Å²) in [5.41, 5.74) is 0.949. The zero-order chi connectivity index (χ0) is 21.3. The van der Waals surface area contributed by atoms with Crippen LogP contribution in [0.4, 0.5) is 0 Å². The third-order valence-electron chi connectivity index (χ3n) is 6.25. The fourth-order valence-electron chi connectivity index (χ4n) is 5.03. The van der Waals surface area contributed by atoms with Gasteiger partial charge in [-0.2, -0.15) is 0 Å². The molecule has 0 bridgehead atoms. The number of carbonyl (C=O) groups excluding carboxylic acids is 2. The highest BCUT2D eigenvalue weighted by Gasteiger charge is 2.54. The quantitative estimate of drug-likeness (QED) is 0.669. The van der Waals surface area contributed by atoms with Crippen molar-refractivity contribution in [2.45, 2.75) is 12.8 Å². The molecule has 0 N–H and O–H groups in total. The fraction of sp³-hybridized carbons (Fsp3) is 0.591. The number of carbonyl (C=O) groups is 2. The van der Waals surface area contributed by atoms with Gasteiger partial charge in [-0.15, -0.1) is 11.3 Å². The third kappa shape index (κ3) is 4.22. The molecule has 4 rings (SSSR count). The number of aryl methyl sites for hydroxylation is 1. The van der Waals surface area contributed by atoms with E-state index >= 15 is 0 Å². The summed E-state index contributed by atoms with van der Waals surface area (Å²) >= 11 is 1.67. The van der Waals surface area contributed by atoms with Crippen molar-refractivity contribution in [3.05, 3.63) is 29.3 Å². The Morgan fingerprint density at radius 2 is 1.90 bits per heavy atom. The summed E-state index contributed by atoms with van der Waals surface area (Å²) in [6.07, 6.45) is 1.16. The number of aromatic nitrogens is 1. The minimum Gasteiger partial charge on any atom is -0.375 e. The standard InChI is InChI=1S/C22H30N4O3S/c1-24(2)13-22-14-25(10-16(22)11-26(15-22)21(28)12-29-3)20(27)9-8-19-23-17-6-4-5-7-18(17)30-19/h4-7,16H,8-15H2,1-3H3/t16-,22+/m0/s1. The highest BCUT2D eigenvalue weighted by Crippen LogP contribution is 2.43. The number of rotatable bonds is 7. The number of para-hydroxylation sites is 1. The lowest BCUT2D eigenvalue weighted by Crippen LogP contribution is -2.44. The average molecular weight is 431 g/mol. The van der Waals surface area contributed by atoms with Crippen molar-refractivity contribution in [2.24, 2.45) is 11.3 Å². The van der Waals surface area contributed by atoms with Crippen molar-refractivity contribution in [3.63, 3.8) is 0 Å². The van der Waals surface area contributed by atoms with Crippen LogP contribution in [0.1, 0.15) is 11.4 Å². The molecule has 2 atom stereocenters. The topological polar surface area (TPSA) is 66.0 Å². The lowest BCUT2D eigenvalue weighted by atomic mass is 9.80. The Kier molecular flexibility index (Phi) is 6.09. The lowest BCUT2D eigenvalue weighted by molar-refractivity contribution is -0.135. The number of ether oxygens (including phenoxy) is 1. The van der Waals surface area contributed by atoms with Gasteiger partial charge in [0, 0.05) is 64.0 Å². The zero-order valence-corrected chi connectivity index (χ0v) is 18.8. The van der Waals surface area contributed by atoms with Crippen LogP contribution in [-0.4, -0.2) is 92.0 Å². The van der Waals surface area contributed by atoms with Crippen LogP contribution < -0.4 is 0 Å². The minimum atomic E-state index is -0.0571. The molecule has 2 aliphatic rings. The maximum Gasteiger partial charge on any atom is 0.248 e. The Morgan fingerprint density at radius 1 is 1.20 bits per heavy atom. The summed E-state index contributed by atoms with van der Waals surface area (Å²) in [4.78, 5) is 36.1. The second-order valence-corrected chi connectivity index (χ2v) is 9.97. The molecule has 1 aromatic carbocycles. The van der Waals surface area contributed by atoms with Gasteiger partial charge in [0.15, 0.2) is 0 Å². The van der Waals surface area contributed by atoms with Crippen LogP contribution in [0, 0.1) is 11.3 Å². The van der Waals surface area contributed by atoms with Crippen molar-refractivity contribution >= 4 is 33.4 Å². The summed E-state index contributed by atoms with van der Waals surface area (Å²) in [5, 5.41) is 1.02. The molecule has 0 aliphatic carbocycles. The molecule has 2 saturated heterocycles. The van der Waals surface area contributed by atoms with Gasteiger partial charge < -0.3 is 19.4 Å². The van der Waals surface area contributed by atoms with Crippen molar-refractivity contribution < 1.29 is 14.3 Å². The van der Waals surface area contributed by atoms with Gasteiger partial charge in [0.1, 0.15) is 6.61 Å². The molecular formula is C22H30N4O3S. The van der Waals surface area contributed by atoms with E-state index in [1.807, 2.05) is 28.0 Å². The second kappa shape index (κ2) is 8.61. The van der Waals surface area contributed by atoms with Crippen LogP contribution in [0.3, 0.4) is 0 Å². The number of likely N-dealkylation sites (tertiary alicyclic amines) is 2. The Labute approximate surface area is 181 Å². The monoisotopic (exact) mass is 430 g/mol. The zero-order valence-electron chi connectivity index (χ0n) is 18.0. The Bertz CT molecular complexity index is 897. The summed E-state index contributed by atoms with van der Waals surface area (Å²) in [7, 11) is 5.67. The lowest BCUT2D eigenvalue weighted by Gasteiger charge is -2.32. The number of methoxy groups -OCH3 is 1. The summed E-state index contributed by atoms with van der Waals surface area (Å²) in [6, 6.07) is 8.09. The van der Waals surface area contributed by atoms with Gasteiger partial charge in [-0.25, -0.2) is 4.98 Å². The minimum absolute atomic E-state index is 0.0405. The molecule has 7 nitrogen and oxygen atoms in total. The van der Waals surface area contributed by atoms with Gasteiger partial charge in [0.05, 0.1) is 15.2 Å². The molecule has 162 valence electrons. The van der Waals surface area contributed by atoms with Gasteiger partial charge in [-0.05, 0) is 26.2 Å². The molecule has 8 heteroatoms. The number of nitrogens with zero attached hydrogens (tertiary/aromatic N) is 4. The fourth-order valence-corrected chi connectivity index (χ4v) is 5.99. The van der Waals surface area contributed by atoms with Crippen LogP contribution in [0.15, 0.2) is 24.3 Å². The molecule has 1 aromatic heterocycles. The smallest absolute Gasteiger partial charge is 0.248 e. The van der Waals surface area contributed by atoms with Crippen LogP contribution in [0.5, 0.6) is 0 Å². The molecule has 2 fully saturated rings. The normalized spacial score (nSPS) is 23.5. The van der Waals surface area contributed by atoms with E-state index in [9.17, 15) is 9.59 Å². The first kappa shape index (κ1) is 21.2. The number of amides is 2. The van der Waals surface area contributed by atoms with Gasteiger partial charge in [0.25, 0.3) is 0 Å². The first-order valence-electron chi connectivity index (χ1n) is 10.4. The third-order valence-corrected chi connectivity index (χ3v) is 7.35. The van der Waals surface area contributed by atoms with Crippen LogP contribution in [-0.2, 0) is 20.7 Å². The molecule has 2 aliphatic heterocycles. The van der Waals surface area contributed by atoms with Crippen molar-refractivity contribution in [2.75, 3.05) is 60.5 Å². The number of thiazole rings is 1. The van der Waals surface area contributed by atoms with Gasteiger partial charge in [0.2, 0.25) is 11.8 Å².